The van der Waals surface area contributed by atoms with Gasteiger partial charge in [0.05, 0.1) is 15.5 Å². The second kappa shape index (κ2) is 12.8. The van der Waals surface area contributed by atoms with Crippen LogP contribution in [0, 0.1) is 0 Å². The average molecular weight is 556 g/mol. The zero-order chi connectivity index (χ0) is 24.9. The van der Waals surface area contributed by atoms with E-state index in [1.54, 1.807) is 36.4 Å². The molecule has 0 aromatic heterocycles. The Hall–Kier alpha value is -1.49. The predicted octanol–water partition coefficient (Wildman–Crippen LogP) is 2.96. The van der Waals surface area contributed by atoms with E-state index >= 15 is 0 Å². The predicted molar refractivity (Wildman–Crippen MR) is 146 cm³/mol. The van der Waals surface area contributed by atoms with Crippen LogP contribution in [0.4, 0.5) is 0 Å². The second-order valence-electron chi connectivity index (χ2n) is 9.75. The largest absolute Gasteiger partial charge is 0.301 e. The van der Waals surface area contributed by atoms with E-state index in [2.05, 4.69) is 14.7 Å². The van der Waals surface area contributed by atoms with Crippen LogP contribution in [0.1, 0.15) is 24.8 Å². The summed E-state index contributed by atoms with van der Waals surface area (Å²) in [5, 5.41) is 0. The van der Waals surface area contributed by atoms with Crippen LogP contribution in [0.15, 0.2) is 64.4 Å². The molecule has 2 aliphatic rings. The second-order valence-corrected chi connectivity index (χ2v) is 13.8. The molecular formula is C26H38ClN3O4S2. The quantitative estimate of drug-likeness (QED) is 0.495. The Balaban J connectivity index is 0.00000361. The fourth-order valence-electron chi connectivity index (χ4n) is 5.25. The zero-order valence-corrected chi connectivity index (χ0v) is 23.4. The summed E-state index contributed by atoms with van der Waals surface area (Å²) in [6.07, 6.45) is 4.47. The summed E-state index contributed by atoms with van der Waals surface area (Å²) in [6.45, 7) is 6.99. The maximum Gasteiger partial charge on any atom is 0.179 e. The van der Waals surface area contributed by atoms with E-state index in [1.165, 1.54) is 6.26 Å². The molecule has 0 radical (unpaired) electrons. The van der Waals surface area contributed by atoms with E-state index in [1.807, 2.05) is 18.2 Å². The molecule has 0 N–H and O–H groups in total. The average Bonchev–Trinajstić information content (AvgIpc) is 3.09. The van der Waals surface area contributed by atoms with Crippen molar-refractivity contribution in [2.45, 2.75) is 41.6 Å². The fraction of sp³-hybridized carbons (Fsp3) is 0.538. The number of hydrogen-bond donors (Lipinski definition) is 0. The molecule has 36 heavy (non-hydrogen) atoms. The van der Waals surface area contributed by atoms with Crippen LogP contribution in [0.25, 0.3) is 0 Å². The molecule has 0 amide bonds. The maximum absolute atomic E-state index is 12.6. The van der Waals surface area contributed by atoms with E-state index in [4.69, 9.17) is 0 Å². The van der Waals surface area contributed by atoms with Crippen molar-refractivity contribution >= 4 is 32.1 Å². The molecule has 200 valence electrons. The monoisotopic (exact) mass is 555 g/mol. The number of hydrogen-bond acceptors (Lipinski definition) is 7. The van der Waals surface area contributed by atoms with Crippen molar-refractivity contribution in [2.75, 3.05) is 57.8 Å². The Kier molecular flexibility index (Phi) is 10.4. The molecule has 0 spiro atoms. The highest BCUT2D eigenvalue weighted by atomic mass is 35.5. The van der Waals surface area contributed by atoms with Crippen molar-refractivity contribution in [3.05, 3.63) is 60.2 Å². The minimum Gasteiger partial charge on any atom is -0.301 e. The van der Waals surface area contributed by atoms with Crippen molar-refractivity contribution in [1.29, 1.82) is 0 Å². The van der Waals surface area contributed by atoms with Crippen molar-refractivity contribution < 1.29 is 16.8 Å². The maximum atomic E-state index is 12.6. The van der Waals surface area contributed by atoms with Crippen LogP contribution in [0.3, 0.4) is 0 Å². The SMILES string of the molecule is CS(=O)(=O)c1ccccc1CN1CCC(N2CCCN(CCS(=O)(=O)c3ccccc3)CC2)CC1.Cl. The van der Waals surface area contributed by atoms with Crippen LogP contribution in [-0.4, -0.2) is 95.4 Å². The molecule has 7 nitrogen and oxygen atoms in total. The minimum absolute atomic E-state index is 0. The summed E-state index contributed by atoms with van der Waals surface area (Å²) in [5.41, 5.74) is 0.879. The number of sulfone groups is 2. The van der Waals surface area contributed by atoms with E-state index in [9.17, 15) is 16.8 Å². The highest BCUT2D eigenvalue weighted by Crippen LogP contribution is 2.23. The van der Waals surface area contributed by atoms with Gasteiger partial charge in [0.1, 0.15) is 0 Å². The lowest BCUT2D eigenvalue weighted by molar-refractivity contribution is 0.106. The first-order valence-electron chi connectivity index (χ1n) is 12.5. The van der Waals surface area contributed by atoms with Crippen LogP contribution < -0.4 is 0 Å². The number of likely N-dealkylation sites (tertiary alicyclic amines) is 1. The van der Waals surface area contributed by atoms with Crippen molar-refractivity contribution in [3.63, 3.8) is 0 Å². The molecule has 2 fully saturated rings. The van der Waals surface area contributed by atoms with Gasteiger partial charge in [0.25, 0.3) is 0 Å². The van der Waals surface area contributed by atoms with Gasteiger partial charge in [-0.2, -0.15) is 0 Å². The van der Waals surface area contributed by atoms with Gasteiger partial charge in [0, 0.05) is 38.5 Å². The Labute approximate surface area is 222 Å². The first-order chi connectivity index (χ1) is 16.7. The lowest BCUT2D eigenvalue weighted by Crippen LogP contribution is -2.46. The zero-order valence-electron chi connectivity index (χ0n) is 21.0. The third-order valence-electron chi connectivity index (χ3n) is 7.24. The summed E-state index contributed by atoms with van der Waals surface area (Å²) >= 11 is 0. The van der Waals surface area contributed by atoms with E-state index < -0.39 is 19.7 Å². The highest BCUT2D eigenvalue weighted by molar-refractivity contribution is 7.91. The van der Waals surface area contributed by atoms with E-state index in [-0.39, 0.29) is 18.2 Å². The molecule has 0 aliphatic carbocycles. The van der Waals surface area contributed by atoms with Crippen LogP contribution >= 0.6 is 12.4 Å². The van der Waals surface area contributed by atoms with Crippen LogP contribution in [0.5, 0.6) is 0 Å². The van der Waals surface area contributed by atoms with Crippen molar-refractivity contribution in [2.24, 2.45) is 0 Å². The Morgan fingerprint density at radius 3 is 2.14 bits per heavy atom. The number of rotatable bonds is 8. The summed E-state index contributed by atoms with van der Waals surface area (Å²) < 4.78 is 49.5. The molecule has 0 bridgehead atoms. The molecular weight excluding hydrogens is 518 g/mol. The number of piperidine rings is 1. The first kappa shape index (κ1) is 29.1. The summed E-state index contributed by atoms with van der Waals surface area (Å²) in [4.78, 5) is 8.07. The van der Waals surface area contributed by atoms with Crippen LogP contribution in [-0.2, 0) is 26.2 Å². The van der Waals surface area contributed by atoms with Gasteiger partial charge in [-0.25, -0.2) is 16.8 Å². The van der Waals surface area contributed by atoms with Gasteiger partial charge in [0.15, 0.2) is 19.7 Å². The first-order valence-corrected chi connectivity index (χ1v) is 16.0. The molecule has 2 heterocycles. The number of halogens is 1. The Morgan fingerprint density at radius 2 is 1.44 bits per heavy atom. The van der Waals surface area contributed by atoms with Crippen LogP contribution in [0.2, 0.25) is 0 Å². The van der Waals surface area contributed by atoms with Gasteiger partial charge in [-0.3, -0.25) is 9.80 Å². The smallest absolute Gasteiger partial charge is 0.179 e. The van der Waals surface area contributed by atoms with Gasteiger partial charge >= 0.3 is 0 Å². The van der Waals surface area contributed by atoms with Gasteiger partial charge in [-0.1, -0.05) is 36.4 Å². The van der Waals surface area contributed by atoms with Gasteiger partial charge < -0.3 is 4.90 Å². The molecule has 4 rings (SSSR count). The molecule has 0 saturated carbocycles. The van der Waals surface area contributed by atoms with Crippen molar-refractivity contribution in [3.8, 4) is 0 Å². The van der Waals surface area contributed by atoms with Gasteiger partial charge in [-0.15, -0.1) is 12.4 Å². The van der Waals surface area contributed by atoms with Gasteiger partial charge in [0.2, 0.25) is 0 Å². The van der Waals surface area contributed by atoms with E-state index in [0.717, 1.165) is 64.1 Å². The summed E-state index contributed by atoms with van der Waals surface area (Å²) in [5.74, 6) is 0.157. The molecule has 0 unspecified atom stereocenters. The lowest BCUT2D eigenvalue weighted by atomic mass is 10.0. The number of benzene rings is 2. The third kappa shape index (κ3) is 7.76. The third-order valence-corrected chi connectivity index (χ3v) is 10.1. The molecule has 2 aromatic carbocycles. The summed E-state index contributed by atoms with van der Waals surface area (Å²) in [6, 6.07) is 16.6. The Bertz CT molecular complexity index is 1180. The minimum atomic E-state index is -3.25. The molecule has 0 atom stereocenters. The summed E-state index contributed by atoms with van der Waals surface area (Å²) in [7, 11) is -6.48. The molecule has 2 saturated heterocycles. The van der Waals surface area contributed by atoms with Crippen molar-refractivity contribution in [1.82, 2.24) is 14.7 Å². The molecule has 10 heteroatoms. The normalized spacial score (nSPS) is 19.5. The molecule has 2 aromatic rings. The highest BCUT2D eigenvalue weighted by Gasteiger charge is 2.27. The van der Waals surface area contributed by atoms with E-state index in [0.29, 0.717) is 28.9 Å². The topological polar surface area (TPSA) is 78.0 Å². The Morgan fingerprint density at radius 1 is 0.778 bits per heavy atom. The standard InChI is InChI=1S/C26H37N3O4S2.ClH/c1-34(30,31)26-11-6-5-8-23(26)22-28-16-12-24(13-17-28)29-15-7-14-27(18-19-29)20-21-35(32,33)25-9-3-2-4-10-25;/h2-6,8-11,24H,7,12-22H2,1H3;1H. The molecule has 2 aliphatic heterocycles. The number of nitrogens with zero attached hydrogens (tertiary/aromatic N) is 3. The fourth-order valence-corrected chi connectivity index (χ4v) is 7.49. The van der Waals surface area contributed by atoms with Gasteiger partial charge in [-0.05, 0) is 69.2 Å². The lowest BCUT2D eigenvalue weighted by Gasteiger charge is -2.38.